The molecule has 0 aliphatic carbocycles. The predicted molar refractivity (Wildman–Crippen MR) is 66.2 cm³/mol. The maximum Gasteiger partial charge on any atom is 0.129 e. The molecular weight excluding hydrogens is 236 g/mol. The fourth-order valence-corrected chi connectivity index (χ4v) is 1.65. The average molecular weight is 249 g/mol. The van der Waals surface area contributed by atoms with Gasteiger partial charge in [0.15, 0.2) is 0 Å². The zero-order valence-electron chi connectivity index (χ0n) is 9.61. The molecule has 1 unspecified atom stereocenters. The number of hydrogen-bond donors (Lipinski definition) is 2. The largest absolute Gasteiger partial charge is 0.386 e. The van der Waals surface area contributed by atoms with Crippen LogP contribution in [0.4, 0.5) is 14.5 Å². The van der Waals surface area contributed by atoms with Gasteiger partial charge in [-0.1, -0.05) is 18.2 Å². The summed E-state index contributed by atoms with van der Waals surface area (Å²) in [4.78, 5) is 0. The molecule has 94 valence electrons. The maximum atomic E-state index is 13.4. The lowest BCUT2D eigenvalue weighted by Gasteiger charge is -2.14. The minimum absolute atomic E-state index is 0.0431. The summed E-state index contributed by atoms with van der Waals surface area (Å²) in [5.74, 6) is -1.18. The first-order valence-electron chi connectivity index (χ1n) is 5.59. The van der Waals surface area contributed by atoms with E-state index in [1.165, 1.54) is 0 Å². The van der Waals surface area contributed by atoms with Crippen LogP contribution in [0.25, 0.3) is 0 Å². The Labute approximate surface area is 104 Å². The Morgan fingerprint density at radius 1 is 1.06 bits per heavy atom. The monoisotopic (exact) mass is 249 g/mol. The van der Waals surface area contributed by atoms with E-state index in [1.54, 1.807) is 0 Å². The Morgan fingerprint density at radius 2 is 1.78 bits per heavy atom. The van der Waals surface area contributed by atoms with E-state index in [1.807, 2.05) is 30.3 Å². The molecule has 0 bridgehead atoms. The van der Waals surface area contributed by atoms with E-state index < -0.39 is 17.7 Å². The topological polar surface area (TPSA) is 32.3 Å². The van der Waals surface area contributed by atoms with Gasteiger partial charge in [0.05, 0.1) is 6.10 Å². The summed E-state index contributed by atoms with van der Waals surface area (Å²) in [6.07, 6.45) is -1.10. The summed E-state index contributed by atoms with van der Waals surface area (Å²) >= 11 is 0. The van der Waals surface area contributed by atoms with Gasteiger partial charge in [0.25, 0.3) is 0 Å². The first-order valence-corrected chi connectivity index (χ1v) is 5.59. The summed E-state index contributed by atoms with van der Waals surface area (Å²) in [5, 5.41) is 12.8. The molecule has 0 aliphatic heterocycles. The average Bonchev–Trinajstić information content (AvgIpc) is 2.40. The van der Waals surface area contributed by atoms with E-state index in [0.717, 1.165) is 23.9 Å². The number of para-hydroxylation sites is 1. The lowest BCUT2D eigenvalue weighted by atomic mass is 10.1. The molecule has 0 aliphatic rings. The van der Waals surface area contributed by atoms with Gasteiger partial charge in [0.2, 0.25) is 0 Å². The van der Waals surface area contributed by atoms with Crippen molar-refractivity contribution in [1.82, 2.24) is 0 Å². The second kappa shape index (κ2) is 5.60. The van der Waals surface area contributed by atoms with Gasteiger partial charge in [-0.2, -0.15) is 0 Å². The van der Waals surface area contributed by atoms with Crippen molar-refractivity contribution in [3.63, 3.8) is 0 Å². The van der Waals surface area contributed by atoms with Gasteiger partial charge in [-0.05, 0) is 30.3 Å². The molecule has 0 fully saturated rings. The second-order valence-corrected chi connectivity index (χ2v) is 3.93. The minimum Gasteiger partial charge on any atom is -0.386 e. The van der Waals surface area contributed by atoms with Gasteiger partial charge >= 0.3 is 0 Å². The first kappa shape index (κ1) is 12.5. The summed E-state index contributed by atoms with van der Waals surface area (Å²) in [7, 11) is 0. The number of aliphatic hydroxyl groups excluding tert-OH is 1. The van der Waals surface area contributed by atoms with Crippen molar-refractivity contribution in [2.45, 2.75) is 6.10 Å². The minimum atomic E-state index is -1.10. The van der Waals surface area contributed by atoms with Gasteiger partial charge in [0, 0.05) is 17.8 Å². The highest BCUT2D eigenvalue weighted by atomic mass is 19.1. The summed E-state index contributed by atoms with van der Waals surface area (Å²) in [6.45, 7) is 0.115. The third kappa shape index (κ3) is 3.05. The number of benzene rings is 2. The van der Waals surface area contributed by atoms with Crippen molar-refractivity contribution >= 4 is 5.69 Å². The van der Waals surface area contributed by atoms with Crippen molar-refractivity contribution in [2.24, 2.45) is 0 Å². The van der Waals surface area contributed by atoms with Crippen LogP contribution in [0, 0.1) is 11.6 Å². The molecule has 2 N–H and O–H groups in total. The Bertz CT molecular complexity index is 516. The molecule has 2 rings (SSSR count). The fourth-order valence-electron chi connectivity index (χ4n) is 1.65. The molecule has 0 heterocycles. The Hall–Kier alpha value is -1.94. The standard InChI is InChI=1S/C14H13F2NO/c15-10-6-7-13(16)12(8-10)14(18)9-17-11-4-2-1-3-5-11/h1-8,14,17-18H,9H2. The molecule has 0 amide bonds. The lowest BCUT2D eigenvalue weighted by Crippen LogP contribution is -2.13. The van der Waals surface area contributed by atoms with Crippen molar-refractivity contribution < 1.29 is 13.9 Å². The van der Waals surface area contributed by atoms with E-state index in [2.05, 4.69) is 5.32 Å². The molecule has 0 aromatic heterocycles. The van der Waals surface area contributed by atoms with E-state index >= 15 is 0 Å². The molecule has 2 nitrogen and oxygen atoms in total. The second-order valence-electron chi connectivity index (χ2n) is 3.93. The Morgan fingerprint density at radius 3 is 2.50 bits per heavy atom. The third-order valence-corrected chi connectivity index (χ3v) is 2.59. The number of rotatable bonds is 4. The fraction of sp³-hybridized carbons (Fsp3) is 0.143. The van der Waals surface area contributed by atoms with E-state index in [9.17, 15) is 13.9 Å². The Balaban J connectivity index is 2.03. The summed E-state index contributed by atoms with van der Waals surface area (Å²) in [6, 6.07) is 12.3. The van der Waals surface area contributed by atoms with Crippen LogP contribution in [-0.4, -0.2) is 11.7 Å². The highest BCUT2D eigenvalue weighted by Gasteiger charge is 2.13. The number of halogens is 2. The highest BCUT2D eigenvalue weighted by molar-refractivity contribution is 5.42. The zero-order valence-corrected chi connectivity index (χ0v) is 9.61. The van der Waals surface area contributed by atoms with Crippen molar-refractivity contribution in [1.29, 1.82) is 0 Å². The molecule has 0 radical (unpaired) electrons. The number of hydrogen-bond acceptors (Lipinski definition) is 2. The van der Waals surface area contributed by atoms with Crippen molar-refractivity contribution in [2.75, 3.05) is 11.9 Å². The normalized spacial score (nSPS) is 12.2. The van der Waals surface area contributed by atoms with E-state index in [4.69, 9.17) is 0 Å². The van der Waals surface area contributed by atoms with Crippen LogP contribution in [-0.2, 0) is 0 Å². The van der Waals surface area contributed by atoms with Crippen LogP contribution in [0.1, 0.15) is 11.7 Å². The quantitative estimate of drug-likeness (QED) is 0.872. The number of aliphatic hydroxyl groups is 1. The smallest absolute Gasteiger partial charge is 0.129 e. The van der Waals surface area contributed by atoms with Crippen LogP contribution in [0.5, 0.6) is 0 Å². The van der Waals surface area contributed by atoms with Crippen LogP contribution in [0.15, 0.2) is 48.5 Å². The lowest BCUT2D eigenvalue weighted by molar-refractivity contribution is 0.186. The van der Waals surface area contributed by atoms with E-state index in [-0.39, 0.29) is 12.1 Å². The van der Waals surface area contributed by atoms with Gasteiger partial charge in [0.1, 0.15) is 11.6 Å². The molecular formula is C14H13F2NO. The molecule has 18 heavy (non-hydrogen) atoms. The molecule has 0 saturated carbocycles. The summed E-state index contributed by atoms with van der Waals surface area (Å²) in [5.41, 5.74) is 0.770. The SMILES string of the molecule is OC(CNc1ccccc1)c1cc(F)ccc1F. The van der Waals surface area contributed by atoms with Crippen molar-refractivity contribution in [3.8, 4) is 0 Å². The number of anilines is 1. The van der Waals surface area contributed by atoms with Gasteiger partial charge in [-0.15, -0.1) is 0 Å². The Kier molecular flexibility index (Phi) is 3.89. The highest BCUT2D eigenvalue weighted by Crippen LogP contribution is 2.19. The molecule has 1 atom stereocenters. The molecule has 0 saturated heterocycles. The van der Waals surface area contributed by atoms with E-state index in [0.29, 0.717) is 0 Å². The third-order valence-electron chi connectivity index (χ3n) is 2.59. The zero-order chi connectivity index (χ0) is 13.0. The number of nitrogens with one attached hydrogen (secondary N) is 1. The maximum absolute atomic E-state index is 13.4. The van der Waals surface area contributed by atoms with Crippen molar-refractivity contribution in [3.05, 3.63) is 65.7 Å². The van der Waals surface area contributed by atoms with Crippen LogP contribution in [0.2, 0.25) is 0 Å². The molecule has 2 aromatic carbocycles. The molecule has 4 heteroatoms. The first-order chi connectivity index (χ1) is 8.66. The molecule has 0 spiro atoms. The van der Waals surface area contributed by atoms with Gasteiger partial charge < -0.3 is 10.4 Å². The van der Waals surface area contributed by atoms with Crippen LogP contribution in [0.3, 0.4) is 0 Å². The van der Waals surface area contributed by atoms with Crippen LogP contribution >= 0.6 is 0 Å². The van der Waals surface area contributed by atoms with Gasteiger partial charge in [-0.25, -0.2) is 8.78 Å². The van der Waals surface area contributed by atoms with Gasteiger partial charge in [-0.3, -0.25) is 0 Å². The molecule has 2 aromatic rings. The van der Waals surface area contributed by atoms with Crippen LogP contribution < -0.4 is 5.32 Å². The summed E-state index contributed by atoms with van der Waals surface area (Å²) < 4.78 is 26.4. The predicted octanol–water partition coefficient (Wildman–Crippen LogP) is 3.11.